The Hall–Kier alpha value is -0.540. The molecule has 1 aromatic heterocycles. The van der Waals surface area contributed by atoms with Gasteiger partial charge in [0.1, 0.15) is 0 Å². The number of aryl methyl sites for hydroxylation is 1. The van der Waals surface area contributed by atoms with Crippen molar-refractivity contribution in [2.75, 3.05) is 6.54 Å². The first kappa shape index (κ1) is 9.03. The molecule has 1 aromatic rings. The lowest BCUT2D eigenvalue weighted by atomic mass is 10.1. The summed E-state index contributed by atoms with van der Waals surface area (Å²) in [5, 5.41) is 8.63. The van der Waals surface area contributed by atoms with Crippen LogP contribution in [0.5, 0.6) is 0 Å². The molecule has 1 fully saturated rings. The average molecular weight is 200 g/mol. The normalized spacial score (nSPS) is 22.5. The van der Waals surface area contributed by atoms with Crippen LogP contribution in [0.4, 0.5) is 0 Å². The van der Waals surface area contributed by atoms with Gasteiger partial charge in [0, 0.05) is 7.05 Å². The quantitative estimate of drug-likeness (QED) is 0.748. The Labute approximate surface area is 83.1 Å². The zero-order valence-corrected chi connectivity index (χ0v) is 8.73. The van der Waals surface area contributed by atoms with E-state index in [4.69, 9.17) is 11.6 Å². The average Bonchev–Trinajstić information content (AvgIpc) is 2.70. The highest BCUT2D eigenvalue weighted by atomic mass is 35.5. The molecule has 0 saturated carbocycles. The summed E-state index contributed by atoms with van der Waals surface area (Å²) >= 11 is 6.17. The first-order valence-corrected chi connectivity index (χ1v) is 5.00. The predicted octanol–water partition coefficient (Wildman–Crippen LogP) is 1.81. The maximum atomic E-state index is 6.17. The number of hydrogen-bond donors (Lipinski definition) is 1. The fraction of sp³-hybridized carbons (Fsp3) is 0.667. The summed E-state index contributed by atoms with van der Waals surface area (Å²) in [6, 6.07) is 0.368. The van der Waals surface area contributed by atoms with Crippen LogP contribution >= 0.6 is 11.6 Å². The molecule has 1 N–H and O–H groups in total. The van der Waals surface area contributed by atoms with Gasteiger partial charge in [0.15, 0.2) is 0 Å². The van der Waals surface area contributed by atoms with Gasteiger partial charge in [-0.2, -0.15) is 5.10 Å². The number of nitrogens with one attached hydrogen (secondary N) is 1. The smallest absolute Gasteiger partial charge is 0.0982 e. The fourth-order valence-corrected chi connectivity index (χ4v) is 2.04. The molecule has 2 rings (SSSR count). The van der Waals surface area contributed by atoms with Crippen LogP contribution in [0.2, 0.25) is 5.02 Å². The molecule has 4 heteroatoms. The van der Waals surface area contributed by atoms with Crippen LogP contribution in [-0.4, -0.2) is 16.3 Å². The molecule has 0 aromatic carbocycles. The van der Waals surface area contributed by atoms with Crippen molar-refractivity contribution in [2.45, 2.75) is 25.8 Å². The number of nitrogens with zero attached hydrogens (tertiary/aromatic N) is 2. The summed E-state index contributed by atoms with van der Waals surface area (Å²) in [5.41, 5.74) is 2.06. The maximum absolute atomic E-state index is 6.17. The van der Waals surface area contributed by atoms with E-state index in [0.717, 1.165) is 29.4 Å². The molecule has 3 nitrogen and oxygen atoms in total. The van der Waals surface area contributed by atoms with Crippen LogP contribution in [0, 0.1) is 6.92 Å². The summed E-state index contributed by atoms with van der Waals surface area (Å²) in [5.74, 6) is 0. The zero-order valence-electron chi connectivity index (χ0n) is 7.97. The highest BCUT2D eigenvalue weighted by molar-refractivity contribution is 6.31. The van der Waals surface area contributed by atoms with Gasteiger partial charge in [-0.1, -0.05) is 11.6 Å². The van der Waals surface area contributed by atoms with E-state index in [2.05, 4.69) is 10.4 Å². The molecule has 0 spiro atoms. The van der Waals surface area contributed by atoms with Crippen molar-refractivity contribution in [2.24, 2.45) is 7.05 Å². The Bertz CT molecular complexity index is 313. The maximum Gasteiger partial charge on any atom is 0.0982 e. The summed E-state index contributed by atoms with van der Waals surface area (Å²) in [4.78, 5) is 0. The van der Waals surface area contributed by atoms with E-state index in [1.165, 1.54) is 6.42 Å². The molecular formula is C9H14ClN3. The first-order valence-electron chi connectivity index (χ1n) is 4.62. The second-order valence-electron chi connectivity index (χ2n) is 3.56. The molecule has 1 atom stereocenters. The summed E-state index contributed by atoms with van der Waals surface area (Å²) in [6.07, 6.45) is 2.37. The van der Waals surface area contributed by atoms with Crippen molar-refractivity contribution in [1.82, 2.24) is 15.1 Å². The standard InChI is InChI=1S/C9H14ClN3/c1-6-8(10)9(12-13(6)2)7-4-3-5-11-7/h7,11H,3-5H2,1-2H3. The predicted molar refractivity (Wildman–Crippen MR) is 52.9 cm³/mol. The molecule has 1 aliphatic rings. The van der Waals surface area contributed by atoms with Crippen LogP contribution in [0.25, 0.3) is 0 Å². The Morgan fingerprint density at radius 1 is 1.62 bits per heavy atom. The van der Waals surface area contributed by atoms with E-state index >= 15 is 0 Å². The van der Waals surface area contributed by atoms with Gasteiger partial charge in [0.2, 0.25) is 0 Å². The second kappa shape index (κ2) is 3.31. The van der Waals surface area contributed by atoms with Gasteiger partial charge in [-0.25, -0.2) is 0 Å². The monoisotopic (exact) mass is 199 g/mol. The van der Waals surface area contributed by atoms with E-state index in [0.29, 0.717) is 6.04 Å². The highest BCUT2D eigenvalue weighted by Gasteiger charge is 2.23. The molecule has 13 heavy (non-hydrogen) atoms. The number of halogens is 1. The largest absolute Gasteiger partial charge is 0.309 e. The van der Waals surface area contributed by atoms with Crippen LogP contribution in [0.1, 0.15) is 30.3 Å². The minimum atomic E-state index is 0.368. The molecule has 1 saturated heterocycles. The molecule has 0 radical (unpaired) electrons. The van der Waals surface area contributed by atoms with Gasteiger partial charge in [-0.3, -0.25) is 4.68 Å². The summed E-state index contributed by atoms with van der Waals surface area (Å²) < 4.78 is 1.84. The molecule has 0 bridgehead atoms. The SMILES string of the molecule is Cc1c(Cl)c(C2CCCN2)nn1C. The molecular weight excluding hydrogens is 186 g/mol. The van der Waals surface area contributed by atoms with Gasteiger partial charge in [-0.15, -0.1) is 0 Å². The molecule has 2 heterocycles. The van der Waals surface area contributed by atoms with Gasteiger partial charge in [0.05, 0.1) is 22.5 Å². The van der Waals surface area contributed by atoms with Gasteiger partial charge < -0.3 is 5.32 Å². The molecule has 72 valence electrons. The zero-order chi connectivity index (χ0) is 9.42. The molecule has 0 amide bonds. The van der Waals surface area contributed by atoms with E-state index < -0.39 is 0 Å². The van der Waals surface area contributed by atoms with E-state index in [1.807, 2.05) is 18.7 Å². The third-order valence-electron chi connectivity index (χ3n) is 2.68. The summed E-state index contributed by atoms with van der Waals surface area (Å²) in [6.45, 7) is 3.07. The Balaban J connectivity index is 2.34. The van der Waals surface area contributed by atoms with E-state index in [-0.39, 0.29) is 0 Å². The minimum Gasteiger partial charge on any atom is -0.309 e. The fourth-order valence-electron chi connectivity index (χ4n) is 1.75. The third-order valence-corrected chi connectivity index (χ3v) is 3.14. The topological polar surface area (TPSA) is 29.9 Å². The van der Waals surface area contributed by atoms with Crippen LogP contribution in [-0.2, 0) is 7.05 Å². The van der Waals surface area contributed by atoms with Crippen LogP contribution in [0.15, 0.2) is 0 Å². The van der Waals surface area contributed by atoms with Crippen LogP contribution in [0.3, 0.4) is 0 Å². The van der Waals surface area contributed by atoms with E-state index in [1.54, 1.807) is 0 Å². The molecule has 1 aliphatic heterocycles. The van der Waals surface area contributed by atoms with Crippen molar-refractivity contribution in [3.8, 4) is 0 Å². The van der Waals surface area contributed by atoms with E-state index in [9.17, 15) is 0 Å². The number of hydrogen-bond acceptors (Lipinski definition) is 2. The minimum absolute atomic E-state index is 0.368. The van der Waals surface area contributed by atoms with Crippen molar-refractivity contribution in [1.29, 1.82) is 0 Å². The van der Waals surface area contributed by atoms with Crippen molar-refractivity contribution in [3.05, 3.63) is 16.4 Å². The summed E-state index contributed by atoms with van der Waals surface area (Å²) in [7, 11) is 1.93. The number of rotatable bonds is 1. The van der Waals surface area contributed by atoms with Gasteiger partial charge in [-0.05, 0) is 26.3 Å². The van der Waals surface area contributed by atoms with Gasteiger partial charge in [0.25, 0.3) is 0 Å². The lowest BCUT2D eigenvalue weighted by molar-refractivity contribution is 0.605. The number of aromatic nitrogens is 2. The van der Waals surface area contributed by atoms with Crippen LogP contribution < -0.4 is 5.32 Å². The van der Waals surface area contributed by atoms with Crippen molar-refractivity contribution < 1.29 is 0 Å². The lowest BCUT2D eigenvalue weighted by Crippen LogP contribution is -2.13. The Morgan fingerprint density at radius 2 is 2.38 bits per heavy atom. The Morgan fingerprint density at radius 3 is 2.85 bits per heavy atom. The lowest BCUT2D eigenvalue weighted by Gasteiger charge is -2.05. The first-order chi connectivity index (χ1) is 6.20. The highest BCUT2D eigenvalue weighted by Crippen LogP contribution is 2.29. The van der Waals surface area contributed by atoms with Crippen molar-refractivity contribution in [3.63, 3.8) is 0 Å². The van der Waals surface area contributed by atoms with Crippen molar-refractivity contribution >= 4 is 11.6 Å². The second-order valence-corrected chi connectivity index (χ2v) is 3.94. The van der Waals surface area contributed by atoms with Gasteiger partial charge >= 0.3 is 0 Å². The molecule has 0 aliphatic carbocycles. The molecule has 1 unspecified atom stereocenters. The third kappa shape index (κ3) is 1.46. The Kier molecular flexibility index (Phi) is 2.30.